The SMILES string of the molecule is Cc1ccc(C(=O)N2CCOCCOCCN(C(=O)c3ccc(OC(=O)c4ccc(O)cc4)cc3)CCOCCOCC2)cc1. The van der Waals surface area contributed by atoms with Crippen molar-refractivity contribution in [1.29, 1.82) is 0 Å². The molecule has 1 saturated heterocycles. The van der Waals surface area contributed by atoms with Crippen molar-refractivity contribution in [2.24, 2.45) is 0 Å². The van der Waals surface area contributed by atoms with Crippen molar-refractivity contribution < 1.29 is 43.2 Å². The molecule has 1 N–H and O–H groups in total. The maximum absolute atomic E-state index is 13.3. The lowest BCUT2D eigenvalue weighted by Crippen LogP contribution is -2.38. The smallest absolute Gasteiger partial charge is 0.343 e. The number of carbonyl (C=O) groups is 3. The Morgan fingerprint density at radius 3 is 1.36 bits per heavy atom. The number of benzene rings is 3. The van der Waals surface area contributed by atoms with Crippen molar-refractivity contribution in [3.05, 3.63) is 95.1 Å². The van der Waals surface area contributed by atoms with Crippen LogP contribution < -0.4 is 4.74 Å². The van der Waals surface area contributed by atoms with Gasteiger partial charge in [0.1, 0.15) is 11.5 Å². The van der Waals surface area contributed by atoms with Gasteiger partial charge in [-0.1, -0.05) is 17.7 Å². The minimum absolute atomic E-state index is 0.0523. The molecule has 3 aromatic rings. The third kappa shape index (κ3) is 11.0. The van der Waals surface area contributed by atoms with E-state index in [1.807, 2.05) is 31.2 Å². The molecule has 1 fully saturated rings. The number of ether oxygens (including phenoxy) is 5. The molecule has 0 bridgehead atoms. The fourth-order valence-corrected chi connectivity index (χ4v) is 4.46. The molecule has 0 radical (unpaired) electrons. The number of esters is 1. The lowest BCUT2D eigenvalue weighted by atomic mass is 10.1. The first-order valence-electron chi connectivity index (χ1n) is 15.0. The van der Waals surface area contributed by atoms with Crippen molar-refractivity contribution >= 4 is 17.8 Å². The van der Waals surface area contributed by atoms with Crippen LogP contribution in [0.25, 0.3) is 0 Å². The Bertz CT molecular complexity index is 1340. The molecule has 11 nitrogen and oxygen atoms in total. The summed E-state index contributed by atoms with van der Waals surface area (Å²) in [5.41, 5.74) is 2.44. The first kappa shape index (κ1) is 33.6. The van der Waals surface area contributed by atoms with Gasteiger partial charge >= 0.3 is 5.97 Å². The zero-order valence-corrected chi connectivity index (χ0v) is 25.5. The molecule has 0 aliphatic carbocycles. The number of amides is 2. The van der Waals surface area contributed by atoms with Gasteiger partial charge in [-0.3, -0.25) is 9.59 Å². The van der Waals surface area contributed by atoms with E-state index < -0.39 is 5.97 Å². The molecule has 0 unspecified atom stereocenters. The van der Waals surface area contributed by atoms with E-state index in [2.05, 4.69) is 0 Å². The molecule has 3 aromatic carbocycles. The van der Waals surface area contributed by atoms with E-state index in [-0.39, 0.29) is 17.6 Å². The molecule has 1 aliphatic heterocycles. The Morgan fingerprint density at radius 2 is 0.933 bits per heavy atom. The number of phenols is 1. The minimum Gasteiger partial charge on any atom is -0.508 e. The van der Waals surface area contributed by atoms with Crippen molar-refractivity contribution in [2.45, 2.75) is 6.92 Å². The number of aryl methyl sites for hydroxylation is 1. The van der Waals surface area contributed by atoms with Gasteiger partial charge in [0.25, 0.3) is 11.8 Å². The topological polar surface area (TPSA) is 124 Å². The van der Waals surface area contributed by atoms with Crippen LogP contribution in [0.1, 0.15) is 36.6 Å². The zero-order chi connectivity index (χ0) is 31.9. The second-order valence-corrected chi connectivity index (χ2v) is 10.4. The summed E-state index contributed by atoms with van der Waals surface area (Å²) in [5, 5.41) is 9.41. The molecular weight excluding hydrogens is 580 g/mol. The second-order valence-electron chi connectivity index (χ2n) is 10.4. The van der Waals surface area contributed by atoms with Crippen molar-refractivity contribution in [3.8, 4) is 11.5 Å². The normalized spacial score (nSPS) is 16.3. The number of hydrogen-bond acceptors (Lipinski definition) is 9. The maximum atomic E-state index is 13.3. The van der Waals surface area contributed by atoms with E-state index in [9.17, 15) is 19.5 Å². The first-order valence-corrected chi connectivity index (χ1v) is 15.0. The summed E-state index contributed by atoms with van der Waals surface area (Å²) in [6, 6.07) is 19.6. The summed E-state index contributed by atoms with van der Waals surface area (Å²) in [6.07, 6.45) is 0. The van der Waals surface area contributed by atoms with Crippen LogP contribution in [0, 0.1) is 6.92 Å². The predicted molar refractivity (Wildman–Crippen MR) is 166 cm³/mol. The lowest BCUT2D eigenvalue weighted by Gasteiger charge is -2.24. The number of hydrogen-bond donors (Lipinski definition) is 1. The summed E-state index contributed by atoms with van der Waals surface area (Å²) in [4.78, 5) is 42.1. The highest BCUT2D eigenvalue weighted by atomic mass is 16.5. The Hall–Kier alpha value is -4.29. The van der Waals surface area contributed by atoms with Crippen LogP contribution >= 0.6 is 0 Å². The van der Waals surface area contributed by atoms with Crippen LogP contribution in [0.4, 0.5) is 0 Å². The molecule has 2 amide bonds. The molecule has 45 heavy (non-hydrogen) atoms. The van der Waals surface area contributed by atoms with Gasteiger partial charge in [0.15, 0.2) is 0 Å². The molecule has 11 heteroatoms. The van der Waals surface area contributed by atoms with Crippen LogP contribution in [0.5, 0.6) is 11.5 Å². The van der Waals surface area contributed by atoms with Crippen LogP contribution in [-0.4, -0.2) is 112 Å². The Morgan fingerprint density at radius 1 is 0.556 bits per heavy atom. The monoisotopic (exact) mass is 620 g/mol. The van der Waals surface area contributed by atoms with E-state index in [0.29, 0.717) is 101 Å². The van der Waals surface area contributed by atoms with Gasteiger partial charge in [-0.25, -0.2) is 4.79 Å². The van der Waals surface area contributed by atoms with Crippen molar-refractivity contribution in [1.82, 2.24) is 9.80 Å². The van der Waals surface area contributed by atoms with Gasteiger partial charge in [-0.2, -0.15) is 0 Å². The standard InChI is InChI=1S/C34H40N2O9/c1-26-2-4-27(5-3-26)32(38)35-14-18-41-22-24-43-20-16-36(17-21-44-25-23-42-19-15-35)33(39)28-8-12-31(13-9-28)45-34(40)29-6-10-30(37)11-7-29/h2-13,37H,14-25H2,1H3. The molecular formula is C34H40N2O9. The average Bonchev–Trinajstić information content (AvgIpc) is 3.05. The van der Waals surface area contributed by atoms with Gasteiger partial charge in [-0.05, 0) is 67.6 Å². The summed E-state index contributed by atoms with van der Waals surface area (Å²) in [6.45, 7) is 6.21. The summed E-state index contributed by atoms with van der Waals surface area (Å²) in [7, 11) is 0. The van der Waals surface area contributed by atoms with E-state index in [4.69, 9.17) is 23.7 Å². The van der Waals surface area contributed by atoms with E-state index in [1.165, 1.54) is 24.3 Å². The van der Waals surface area contributed by atoms with Crippen LogP contribution in [-0.2, 0) is 18.9 Å². The summed E-state index contributed by atoms with van der Waals surface area (Å²) in [5.74, 6) is -0.510. The molecule has 0 aromatic heterocycles. The highest BCUT2D eigenvalue weighted by Crippen LogP contribution is 2.17. The number of phenolic OH excluding ortho intramolecular Hbond substituents is 1. The van der Waals surface area contributed by atoms with Crippen molar-refractivity contribution in [3.63, 3.8) is 0 Å². The van der Waals surface area contributed by atoms with Crippen molar-refractivity contribution in [2.75, 3.05) is 79.0 Å². The number of rotatable bonds is 4. The van der Waals surface area contributed by atoms with Crippen LogP contribution in [0.15, 0.2) is 72.8 Å². The number of nitrogens with zero attached hydrogens (tertiary/aromatic N) is 2. The molecule has 1 heterocycles. The molecule has 0 atom stereocenters. The number of aromatic hydroxyl groups is 1. The Labute approximate surface area is 263 Å². The maximum Gasteiger partial charge on any atom is 0.343 e. The summed E-state index contributed by atoms with van der Waals surface area (Å²) < 4.78 is 28.3. The molecule has 4 rings (SSSR count). The quantitative estimate of drug-likeness (QED) is 0.344. The largest absolute Gasteiger partial charge is 0.508 e. The highest BCUT2D eigenvalue weighted by molar-refractivity contribution is 5.95. The Balaban J connectivity index is 1.27. The summed E-state index contributed by atoms with van der Waals surface area (Å²) >= 11 is 0. The third-order valence-corrected chi connectivity index (χ3v) is 7.05. The second kappa shape index (κ2) is 17.9. The number of carbonyl (C=O) groups excluding carboxylic acids is 3. The van der Waals surface area contributed by atoms with Gasteiger partial charge in [0.2, 0.25) is 0 Å². The van der Waals surface area contributed by atoms with Gasteiger partial charge in [0, 0.05) is 37.3 Å². The molecule has 240 valence electrons. The molecule has 0 spiro atoms. The molecule has 1 aliphatic rings. The zero-order valence-electron chi connectivity index (χ0n) is 25.5. The molecule has 0 saturated carbocycles. The fraction of sp³-hybridized carbons (Fsp3) is 0.382. The fourth-order valence-electron chi connectivity index (χ4n) is 4.46. The van der Waals surface area contributed by atoms with Gasteiger partial charge < -0.3 is 38.6 Å². The minimum atomic E-state index is -0.572. The van der Waals surface area contributed by atoms with Gasteiger partial charge in [-0.15, -0.1) is 0 Å². The lowest BCUT2D eigenvalue weighted by molar-refractivity contribution is 0.00889. The first-order chi connectivity index (χ1) is 21.9. The van der Waals surface area contributed by atoms with E-state index in [0.717, 1.165) is 5.56 Å². The predicted octanol–water partition coefficient (Wildman–Crippen LogP) is 3.58. The third-order valence-electron chi connectivity index (χ3n) is 7.05. The van der Waals surface area contributed by atoms with E-state index >= 15 is 0 Å². The van der Waals surface area contributed by atoms with Crippen LogP contribution in [0.3, 0.4) is 0 Å². The van der Waals surface area contributed by atoms with E-state index in [1.54, 1.807) is 34.1 Å². The Kier molecular flexibility index (Phi) is 13.3. The van der Waals surface area contributed by atoms with Crippen LogP contribution in [0.2, 0.25) is 0 Å². The van der Waals surface area contributed by atoms with Gasteiger partial charge in [0.05, 0.1) is 58.4 Å². The average molecular weight is 621 g/mol. The highest BCUT2D eigenvalue weighted by Gasteiger charge is 2.18.